The Morgan fingerprint density at radius 3 is 2.61 bits per heavy atom. The third-order valence-corrected chi connectivity index (χ3v) is 4.10. The molecule has 0 saturated heterocycles. The zero-order chi connectivity index (χ0) is 13.7. The summed E-state index contributed by atoms with van der Waals surface area (Å²) in [6, 6.07) is 0. The molecule has 18 heavy (non-hydrogen) atoms. The summed E-state index contributed by atoms with van der Waals surface area (Å²) < 4.78 is 22.8. The van der Waals surface area contributed by atoms with Gasteiger partial charge in [-0.05, 0) is 25.4 Å². The van der Waals surface area contributed by atoms with Gasteiger partial charge in [-0.2, -0.15) is 0 Å². The van der Waals surface area contributed by atoms with Crippen molar-refractivity contribution in [3.63, 3.8) is 0 Å². The van der Waals surface area contributed by atoms with E-state index in [-0.39, 0.29) is 11.7 Å². The summed E-state index contributed by atoms with van der Waals surface area (Å²) in [6.07, 6.45) is 2.48. The monoisotopic (exact) mass is 289 g/mol. The Labute approximate surface area is 110 Å². The van der Waals surface area contributed by atoms with Gasteiger partial charge in [-0.1, -0.05) is 0 Å². The first-order chi connectivity index (χ1) is 8.14. The van der Waals surface area contributed by atoms with E-state index in [0.717, 1.165) is 6.26 Å². The number of nitrogens with zero attached hydrogens (tertiary/aromatic N) is 3. The molecular formula is C10H12ClN3O3S. The highest BCUT2D eigenvalue weighted by molar-refractivity contribution is 7.90. The molecule has 8 heteroatoms. The standard InChI is InChI=1S/C10H12ClN3O3S/c1-10(2)6-4-12-9(18(3,16)17)13-7(6)5-14(10)8(11)15/h4H,5H2,1-3H3. The van der Waals surface area contributed by atoms with E-state index in [2.05, 4.69) is 9.97 Å². The van der Waals surface area contributed by atoms with E-state index in [9.17, 15) is 13.2 Å². The third-order valence-electron chi connectivity index (χ3n) is 3.03. The molecule has 1 aromatic rings. The molecule has 1 amide bonds. The number of carbonyl (C=O) groups is 1. The van der Waals surface area contributed by atoms with Crippen LogP contribution in [0, 0.1) is 0 Å². The van der Waals surface area contributed by atoms with Crippen molar-refractivity contribution in [3.05, 3.63) is 17.5 Å². The SMILES string of the molecule is CC1(C)c2cnc(S(C)(=O)=O)nc2CN1C(=O)Cl. The summed E-state index contributed by atoms with van der Waals surface area (Å²) in [5.41, 5.74) is 0.595. The maximum Gasteiger partial charge on any atom is 0.317 e. The highest BCUT2D eigenvalue weighted by atomic mass is 35.5. The molecule has 98 valence electrons. The lowest BCUT2D eigenvalue weighted by Gasteiger charge is -2.29. The Kier molecular flexibility index (Phi) is 2.86. The molecule has 1 aliphatic heterocycles. The predicted octanol–water partition coefficient (Wildman–Crippen LogP) is 1.29. The number of rotatable bonds is 1. The molecule has 0 N–H and O–H groups in total. The van der Waals surface area contributed by atoms with Crippen molar-refractivity contribution in [2.75, 3.05) is 6.26 Å². The van der Waals surface area contributed by atoms with E-state index in [1.807, 2.05) is 13.8 Å². The zero-order valence-electron chi connectivity index (χ0n) is 10.1. The lowest BCUT2D eigenvalue weighted by atomic mass is 9.98. The minimum absolute atomic E-state index is 0.190. The third kappa shape index (κ3) is 1.97. The topological polar surface area (TPSA) is 80.2 Å². The molecule has 0 radical (unpaired) electrons. The van der Waals surface area contributed by atoms with E-state index >= 15 is 0 Å². The van der Waals surface area contributed by atoms with E-state index in [4.69, 9.17) is 11.6 Å². The van der Waals surface area contributed by atoms with Crippen LogP contribution in [0.3, 0.4) is 0 Å². The molecule has 0 aromatic carbocycles. The molecule has 0 bridgehead atoms. The molecule has 0 spiro atoms. The van der Waals surface area contributed by atoms with Gasteiger partial charge in [-0.3, -0.25) is 4.79 Å². The predicted molar refractivity (Wildman–Crippen MR) is 65.0 cm³/mol. The number of hydrogen-bond acceptors (Lipinski definition) is 5. The van der Waals surface area contributed by atoms with Crippen LogP contribution in [0.5, 0.6) is 0 Å². The fourth-order valence-corrected chi connectivity index (χ4v) is 2.78. The molecule has 0 fully saturated rings. The molecule has 0 atom stereocenters. The van der Waals surface area contributed by atoms with Crippen LogP contribution in [-0.2, 0) is 21.9 Å². The van der Waals surface area contributed by atoms with Crippen molar-refractivity contribution in [2.24, 2.45) is 0 Å². The van der Waals surface area contributed by atoms with E-state index in [0.29, 0.717) is 11.3 Å². The van der Waals surface area contributed by atoms with Crippen LogP contribution in [0.1, 0.15) is 25.1 Å². The summed E-state index contributed by atoms with van der Waals surface area (Å²) in [6.45, 7) is 3.81. The number of aromatic nitrogens is 2. The summed E-state index contributed by atoms with van der Waals surface area (Å²) in [4.78, 5) is 20.6. The van der Waals surface area contributed by atoms with Crippen LogP contribution in [0.25, 0.3) is 0 Å². The highest BCUT2D eigenvalue weighted by Gasteiger charge is 2.41. The lowest BCUT2D eigenvalue weighted by Crippen LogP contribution is -2.37. The average molecular weight is 290 g/mol. The Morgan fingerprint density at radius 1 is 1.50 bits per heavy atom. The molecule has 1 aromatic heterocycles. The maximum absolute atomic E-state index is 11.4. The van der Waals surface area contributed by atoms with Crippen LogP contribution in [0.2, 0.25) is 0 Å². The number of hydrogen-bond donors (Lipinski definition) is 0. The fourth-order valence-electron chi connectivity index (χ4n) is 1.98. The van der Waals surface area contributed by atoms with Gasteiger partial charge in [0.05, 0.1) is 17.8 Å². The minimum atomic E-state index is -3.46. The first-order valence-corrected chi connectivity index (χ1v) is 7.44. The lowest BCUT2D eigenvalue weighted by molar-refractivity contribution is 0.167. The second-order valence-corrected chi connectivity index (χ2v) is 6.92. The van der Waals surface area contributed by atoms with Crippen molar-refractivity contribution in [1.29, 1.82) is 0 Å². The number of carbonyl (C=O) groups excluding carboxylic acids is 1. The van der Waals surface area contributed by atoms with Crippen LogP contribution < -0.4 is 0 Å². The van der Waals surface area contributed by atoms with E-state index in [1.165, 1.54) is 11.1 Å². The molecule has 0 unspecified atom stereocenters. The van der Waals surface area contributed by atoms with Gasteiger partial charge in [-0.25, -0.2) is 18.4 Å². The van der Waals surface area contributed by atoms with Crippen molar-refractivity contribution in [2.45, 2.75) is 31.1 Å². The number of halogens is 1. The van der Waals surface area contributed by atoms with Crippen LogP contribution in [0.15, 0.2) is 11.4 Å². The molecule has 6 nitrogen and oxygen atoms in total. The molecule has 2 heterocycles. The highest BCUT2D eigenvalue weighted by Crippen LogP contribution is 2.38. The summed E-state index contributed by atoms with van der Waals surface area (Å²) in [7, 11) is -3.46. The minimum Gasteiger partial charge on any atom is -0.314 e. The van der Waals surface area contributed by atoms with Crippen LogP contribution in [-0.4, -0.2) is 34.9 Å². The number of fused-ring (bicyclic) bond motifs is 1. The molecule has 1 aliphatic rings. The van der Waals surface area contributed by atoms with Gasteiger partial charge in [0.2, 0.25) is 15.0 Å². The zero-order valence-corrected chi connectivity index (χ0v) is 11.7. The Bertz CT molecular complexity index is 627. The Balaban J connectivity index is 2.56. The average Bonchev–Trinajstić information content (AvgIpc) is 2.49. The van der Waals surface area contributed by atoms with Gasteiger partial charge in [-0.15, -0.1) is 0 Å². The van der Waals surface area contributed by atoms with Crippen molar-refractivity contribution in [3.8, 4) is 0 Å². The molecule has 2 rings (SSSR count). The van der Waals surface area contributed by atoms with Crippen molar-refractivity contribution < 1.29 is 13.2 Å². The van der Waals surface area contributed by atoms with Crippen molar-refractivity contribution in [1.82, 2.24) is 14.9 Å². The van der Waals surface area contributed by atoms with E-state index in [1.54, 1.807) is 0 Å². The second kappa shape index (κ2) is 3.89. The summed E-state index contributed by atoms with van der Waals surface area (Å²) in [5, 5.41) is -0.833. The number of sulfone groups is 1. The van der Waals surface area contributed by atoms with Gasteiger partial charge in [0.25, 0.3) is 0 Å². The van der Waals surface area contributed by atoms with Crippen LogP contribution >= 0.6 is 11.6 Å². The van der Waals surface area contributed by atoms with Gasteiger partial charge < -0.3 is 4.90 Å². The maximum atomic E-state index is 11.4. The molecule has 0 saturated carbocycles. The summed E-state index contributed by atoms with van der Waals surface area (Å²) in [5.74, 6) is 0. The van der Waals surface area contributed by atoms with E-state index < -0.39 is 20.7 Å². The summed E-state index contributed by atoms with van der Waals surface area (Å²) >= 11 is 5.51. The van der Waals surface area contributed by atoms with Gasteiger partial charge in [0.15, 0.2) is 0 Å². The van der Waals surface area contributed by atoms with Gasteiger partial charge in [0.1, 0.15) is 0 Å². The van der Waals surface area contributed by atoms with Gasteiger partial charge in [0, 0.05) is 18.0 Å². The Hall–Kier alpha value is -1.21. The normalized spacial score (nSPS) is 17.7. The second-order valence-electron chi connectivity index (χ2n) is 4.68. The van der Waals surface area contributed by atoms with Gasteiger partial charge >= 0.3 is 5.37 Å². The molecule has 0 aliphatic carbocycles. The fraction of sp³-hybridized carbons (Fsp3) is 0.500. The first kappa shape index (κ1) is 13.2. The number of amides is 1. The van der Waals surface area contributed by atoms with Crippen molar-refractivity contribution >= 4 is 26.8 Å². The smallest absolute Gasteiger partial charge is 0.314 e. The first-order valence-electron chi connectivity index (χ1n) is 5.17. The molecular weight excluding hydrogens is 278 g/mol. The Morgan fingerprint density at radius 2 is 2.11 bits per heavy atom. The largest absolute Gasteiger partial charge is 0.317 e. The quantitative estimate of drug-likeness (QED) is 0.442. The van der Waals surface area contributed by atoms with Crippen LogP contribution in [0.4, 0.5) is 4.79 Å².